The van der Waals surface area contributed by atoms with E-state index in [1.165, 1.54) is 18.2 Å². The van der Waals surface area contributed by atoms with E-state index in [-0.39, 0.29) is 9.92 Å². The molecule has 0 amide bonds. The van der Waals surface area contributed by atoms with Crippen LogP contribution in [-0.4, -0.2) is 26.0 Å². The first-order valence-corrected chi connectivity index (χ1v) is 6.82. The quantitative estimate of drug-likeness (QED) is 0.836. The van der Waals surface area contributed by atoms with Crippen LogP contribution in [0.25, 0.3) is 0 Å². The summed E-state index contributed by atoms with van der Waals surface area (Å²) in [5, 5.41) is 0.460. The van der Waals surface area contributed by atoms with Gasteiger partial charge in [-0.15, -0.1) is 0 Å². The molecule has 0 atom stereocenters. The van der Waals surface area contributed by atoms with Crippen molar-refractivity contribution in [3.05, 3.63) is 28.2 Å². The Labute approximate surface area is 104 Å². The van der Waals surface area contributed by atoms with Gasteiger partial charge in [0.1, 0.15) is 4.90 Å². The highest BCUT2D eigenvalue weighted by Gasteiger charge is 2.30. The lowest BCUT2D eigenvalue weighted by molar-refractivity contribution is -0.0284. The van der Waals surface area contributed by atoms with Crippen LogP contribution in [0.1, 0.15) is 6.42 Å². The van der Waals surface area contributed by atoms with Crippen LogP contribution < -0.4 is 0 Å². The lowest BCUT2D eigenvalue weighted by Gasteiger charge is -2.15. The molecule has 1 heterocycles. The fraction of sp³-hybridized carbons (Fsp3) is 0.333. The first-order valence-electron chi connectivity index (χ1n) is 4.62. The van der Waals surface area contributed by atoms with Gasteiger partial charge in [-0.05, 0) is 24.6 Å². The Kier molecular flexibility index (Phi) is 3.42. The standard InChI is InChI=1S/C9H9Cl2NO3S/c10-7-2-3-8(11)9(6-7)16(13,14)12-4-1-5-15-12/h2-3,6H,1,4-5H2. The van der Waals surface area contributed by atoms with Crippen LogP contribution >= 0.6 is 23.2 Å². The van der Waals surface area contributed by atoms with Crippen LogP contribution in [0, 0.1) is 0 Å². The van der Waals surface area contributed by atoms with Crippen molar-refractivity contribution in [2.45, 2.75) is 11.3 Å². The van der Waals surface area contributed by atoms with Gasteiger partial charge < -0.3 is 0 Å². The summed E-state index contributed by atoms with van der Waals surface area (Å²) in [5.41, 5.74) is 0. The number of nitrogens with zero attached hydrogens (tertiary/aromatic N) is 1. The molecular formula is C9H9Cl2NO3S. The Morgan fingerprint density at radius 2 is 2.06 bits per heavy atom. The van der Waals surface area contributed by atoms with Crippen molar-refractivity contribution in [3.8, 4) is 0 Å². The molecule has 16 heavy (non-hydrogen) atoms. The van der Waals surface area contributed by atoms with Crippen LogP contribution in [0.2, 0.25) is 10.0 Å². The van der Waals surface area contributed by atoms with Gasteiger partial charge in [-0.3, -0.25) is 4.84 Å². The molecule has 1 fully saturated rings. The number of hydrogen-bond acceptors (Lipinski definition) is 3. The van der Waals surface area contributed by atoms with Crippen molar-refractivity contribution in [3.63, 3.8) is 0 Å². The molecule has 4 nitrogen and oxygen atoms in total. The molecule has 1 saturated heterocycles. The molecule has 1 aliphatic heterocycles. The molecule has 1 aliphatic rings. The maximum Gasteiger partial charge on any atom is 0.266 e. The third kappa shape index (κ3) is 2.19. The van der Waals surface area contributed by atoms with Crippen molar-refractivity contribution < 1.29 is 13.3 Å². The van der Waals surface area contributed by atoms with Gasteiger partial charge in [-0.25, -0.2) is 8.42 Å². The molecule has 0 aliphatic carbocycles. The monoisotopic (exact) mass is 281 g/mol. The van der Waals surface area contributed by atoms with Crippen LogP contribution in [-0.2, 0) is 14.9 Å². The van der Waals surface area contributed by atoms with Crippen LogP contribution in [0.5, 0.6) is 0 Å². The normalized spacial score (nSPS) is 17.9. The summed E-state index contributed by atoms with van der Waals surface area (Å²) >= 11 is 11.6. The van der Waals surface area contributed by atoms with Crippen LogP contribution in [0.15, 0.2) is 23.1 Å². The molecule has 0 radical (unpaired) electrons. The van der Waals surface area contributed by atoms with E-state index in [4.69, 9.17) is 28.0 Å². The summed E-state index contributed by atoms with van der Waals surface area (Å²) < 4.78 is 25.1. The fourth-order valence-corrected chi connectivity index (χ4v) is 3.44. The Hall–Kier alpha value is -0.330. The number of halogens is 2. The minimum absolute atomic E-state index is 0.0245. The average molecular weight is 282 g/mol. The van der Waals surface area contributed by atoms with Crippen molar-refractivity contribution >= 4 is 33.2 Å². The molecular weight excluding hydrogens is 273 g/mol. The zero-order valence-electron chi connectivity index (χ0n) is 8.19. The maximum absolute atomic E-state index is 12.1. The topological polar surface area (TPSA) is 46.6 Å². The van der Waals surface area contributed by atoms with Crippen molar-refractivity contribution in [2.75, 3.05) is 13.2 Å². The molecule has 2 rings (SSSR count). The molecule has 0 aromatic heterocycles. The van der Waals surface area contributed by atoms with E-state index < -0.39 is 10.0 Å². The Balaban J connectivity index is 2.46. The molecule has 1 aromatic carbocycles. The SMILES string of the molecule is O=S(=O)(c1cc(Cl)ccc1Cl)N1CCCO1. The van der Waals surface area contributed by atoms with E-state index in [0.717, 1.165) is 4.47 Å². The fourth-order valence-electron chi connectivity index (χ4n) is 1.40. The molecule has 0 N–H and O–H groups in total. The summed E-state index contributed by atoms with van der Waals surface area (Å²) in [6.45, 7) is 0.739. The van der Waals surface area contributed by atoms with E-state index in [1.807, 2.05) is 0 Å². The lowest BCUT2D eigenvalue weighted by Crippen LogP contribution is -2.27. The predicted octanol–water partition coefficient (Wildman–Crippen LogP) is 2.32. The molecule has 88 valence electrons. The first-order chi connectivity index (χ1) is 7.51. The third-order valence-corrected chi connectivity index (χ3v) is 4.55. The second-order valence-corrected chi connectivity index (χ2v) is 5.93. The highest BCUT2D eigenvalue weighted by atomic mass is 35.5. The van der Waals surface area contributed by atoms with Gasteiger partial charge in [0.25, 0.3) is 10.0 Å². The van der Waals surface area contributed by atoms with Crippen LogP contribution in [0.4, 0.5) is 0 Å². The second kappa shape index (κ2) is 4.50. The number of benzene rings is 1. The molecule has 0 unspecified atom stereocenters. The van der Waals surface area contributed by atoms with Gasteiger partial charge in [0.2, 0.25) is 0 Å². The average Bonchev–Trinajstić information content (AvgIpc) is 2.75. The molecule has 0 bridgehead atoms. The number of hydroxylamine groups is 1. The van der Waals surface area contributed by atoms with E-state index >= 15 is 0 Å². The Morgan fingerprint density at radius 3 is 2.69 bits per heavy atom. The first kappa shape index (κ1) is 12.1. The molecule has 7 heteroatoms. The number of hydrogen-bond donors (Lipinski definition) is 0. The van der Waals surface area contributed by atoms with Gasteiger partial charge in [0.05, 0.1) is 11.6 Å². The summed E-state index contributed by atoms with van der Waals surface area (Å²) in [5.74, 6) is 0. The van der Waals surface area contributed by atoms with E-state index in [0.29, 0.717) is 24.6 Å². The van der Waals surface area contributed by atoms with Gasteiger partial charge >= 0.3 is 0 Å². The summed E-state index contributed by atoms with van der Waals surface area (Å²) in [7, 11) is -3.70. The van der Waals surface area contributed by atoms with Crippen molar-refractivity contribution in [2.24, 2.45) is 0 Å². The van der Waals surface area contributed by atoms with Crippen molar-refractivity contribution in [1.29, 1.82) is 0 Å². The largest absolute Gasteiger partial charge is 0.284 e. The Morgan fingerprint density at radius 1 is 1.31 bits per heavy atom. The lowest BCUT2D eigenvalue weighted by atomic mass is 10.4. The van der Waals surface area contributed by atoms with Gasteiger partial charge in [-0.1, -0.05) is 27.7 Å². The molecule has 0 spiro atoms. The zero-order chi connectivity index (χ0) is 11.8. The van der Waals surface area contributed by atoms with Gasteiger partial charge in [0, 0.05) is 11.6 Å². The zero-order valence-corrected chi connectivity index (χ0v) is 10.5. The Bertz CT molecular complexity index is 497. The summed E-state index contributed by atoms with van der Waals surface area (Å²) in [6, 6.07) is 4.31. The van der Waals surface area contributed by atoms with Gasteiger partial charge in [-0.2, -0.15) is 0 Å². The highest BCUT2D eigenvalue weighted by molar-refractivity contribution is 7.89. The van der Waals surface area contributed by atoms with Crippen LogP contribution in [0.3, 0.4) is 0 Å². The molecule has 0 saturated carbocycles. The summed E-state index contributed by atoms with van der Waals surface area (Å²) in [4.78, 5) is 4.99. The van der Waals surface area contributed by atoms with Gasteiger partial charge in [0.15, 0.2) is 0 Å². The second-order valence-electron chi connectivity index (χ2n) is 3.29. The van der Waals surface area contributed by atoms with E-state index in [1.54, 1.807) is 0 Å². The maximum atomic E-state index is 12.1. The van der Waals surface area contributed by atoms with Crippen molar-refractivity contribution in [1.82, 2.24) is 4.47 Å². The smallest absolute Gasteiger partial charge is 0.266 e. The third-order valence-electron chi connectivity index (χ3n) is 2.16. The summed E-state index contributed by atoms with van der Waals surface area (Å²) in [6.07, 6.45) is 0.678. The molecule has 1 aromatic rings. The number of rotatable bonds is 2. The minimum atomic E-state index is -3.70. The minimum Gasteiger partial charge on any atom is -0.284 e. The van der Waals surface area contributed by atoms with E-state index in [9.17, 15) is 8.42 Å². The highest BCUT2D eigenvalue weighted by Crippen LogP contribution is 2.28. The van der Waals surface area contributed by atoms with E-state index in [2.05, 4.69) is 0 Å². The predicted molar refractivity (Wildman–Crippen MR) is 60.9 cm³/mol. The number of sulfonamides is 1.